The molecule has 9 nitrogen and oxygen atoms in total. The van der Waals surface area contributed by atoms with Crippen LogP contribution in [0, 0.1) is 11.6 Å². The molecule has 3 aromatic rings. The molecule has 0 saturated carbocycles. The van der Waals surface area contributed by atoms with Crippen LogP contribution in [0.3, 0.4) is 0 Å². The lowest BCUT2D eigenvalue weighted by atomic mass is 10.1. The first-order chi connectivity index (χ1) is 18.2. The summed E-state index contributed by atoms with van der Waals surface area (Å²) >= 11 is 5.99. The second-order valence-corrected chi connectivity index (χ2v) is 9.07. The minimum Gasteiger partial charge on any atom is -0.447 e. The summed E-state index contributed by atoms with van der Waals surface area (Å²) in [6, 6.07) is 9.39. The molecular weight excluding hydrogens is 524 g/mol. The highest BCUT2D eigenvalue weighted by molar-refractivity contribution is 6.31. The van der Waals surface area contributed by atoms with Gasteiger partial charge in [-0.05, 0) is 47.7 Å². The molecule has 1 saturated heterocycles. The van der Waals surface area contributed by atoms with Crippen LogP contribution in [-0.2, 0) is 25.4 Å². The van der Waals surface area contributed by atoms with Crippen LogP contribution in [0.15, 0.2) is 48.7 Å². The van der Waals surface area contributed by atoms with Crippen molar-refractivity contribution in [2.45, 2.75) is 31.4 Å². The molecule has 0 spiro atoms. The van der Waals surface area contributed by atoms with Gasteiger partial charge in [-0.1, -0.05) is 23.7 Å². The molecule has 2 atom stereocenters. The number of nitrogens with zero attached hydrogens (tertiary/aromatic N) is 2. The van der Waals surface area contributed by atoms with Crippen molar-refractivity contribution in [3.05, 3.63) is 70.9 Å². The molecule has 1 aliphatic heterocycles. The van der Waals surface area contributed by atoms with Gasteiger partial charge in [-0.2, -0.15) is 0 Å². The lowest BCUT2D eigenvalue weighted by Gasteiger charge is -2.29. The van der Waals surface area contributed by atoms with Crippen LogP contribution in [0.2, 0.25) is 5.02 Å². The van der Waals surface area contributed by atoms with E-state index in [9.17, 15) is 23.2 Å². The molecule has 0 unspecified atom stereocenters. The van der Waals surface area contributed by atoms with E-state index in [0.717, 1.165) is 0 Å². The third kappa shape index (κ3) is 6.86. The van der Waals surface area contributed by atoms with Crippen LogP contribution in [0.5, 0.6) is 0 Å². The van der Waals surface area contributed by atoms with Crippen LogP contribution in [0.25, 0.3) is 10.8 Å². The van der Waals surface area contributed by atoms with Gasteiger partial charge < -0.3 is 19.1 Å². The number of amides is 2. The number of rotatable bonds is 9. The quantitative estimate of drug-likeness (QED) is 0.371. The summed E-state index contributed by atoms with van der Waals surface area (Å²) in [5, 5.41) is 3.67. The van der Waals surface area contributed by atoms with Crippen molar-refractivity contribution in [3.63, 3.8) is 0 Å². The van der Waals surface area contributed by atoms with E-state index in [4.69, 9.17) is 25.8 Å². The SMILES string of the molecule is CN(C(=O)CCc1cccc(F)c1Cl)[C@@H](COC(=O)Nc1cc2cc(F)ccc2cn1)C[C@@H]1COC(=O)O1. The zero-order chi connectivity index (χ0) is 27.2. The fourth-order valence-electron chi connectivity index (χ4n) is 3.98. The maximum Gasteiger partial charge on any atom is 0.508 e. The molecule has 2 heterocycles. The lowest BCUT2D eigenvalue weighted by molar-refractivity contribution is -0.133. The normalized spacial score (nSPS) is 15.5. The summed E-state index contributed by atoms with van der Waals surface area (Å²) in [6.07, 6.45) is -0.450. The third-order valence-electron chi connectivity index (χ3n) is 6.09. The standard InChI is InChI=1S/C26H24ClF2N3O6/c1-32(23(33)8-6-15-3-2-4-21(29)24(15)27)19(11-20-14-37-26(35)38-20)13-36-25(34)31-22-10-17-9-18(28)7-5-16(17)12-30-22/h2-5,7,9-10,12,19-20H,6,8,11,13-14H2,1H3,(H,30,31,34)/t19-,20-/m1/s1. The molecule has 4 rings (SSSR count). The van der Waals surface area contributed by atoms with Gasteiger partial charge in [-0.25, -0.2) is 23.4 Å². The highest BCUT2D eigenvalue weighted by Gasteiger charge is 2.32. The van der Waals surface area contributed by atoms with Gasteiger partial charge in [-0.3, -0.25) is 10.1 Å². The van der Waals surface area contributed by atoms with Crippen LogP contribution in [-0.4, -0.2) is 60.4 Å². The molecule has 1 aromatic heterocycles. The van der Waals surface area contributed by atoms with E-state index in [2.05, 4.69) is 10.3 Å². The number of nitrogens with one attached hydrogen (secondary N) is 1. The Bertz CT molecular complexity index is 1360. The first-order valence-electron chi connectivity index (χ1n) is 11.7. The Morgan fingerprint density at radius 2 is 2.05 bits per heavy atom. The zero-order valence-electron chi connectivity index (χ0n) is 20.3. The monoisotopic (exact) mass is 547 g/mol. The van der Waals surface area contributed by atoms with E-state index in [-0.39, 0.29) is 49.2 Å². The molecular formula is C26H24ClF2N3O6. The largest absolute Gasteiger partial charge is 0.508 e. The molecule has 0 bridgehead atoms. The van der Waals surface area contributed by atoms with Crippen molar-refractivity contribution in [2.24, 2.45) is 0 Å². The maximum atomic E-state index is 13.7. The Hall–Kier alpha value is -3.99. The predicted octanol–water partition coefficient (Wildman–Crippen LogP) is 5.10. The number of hydrogen-bond acceptors (Lipinski definition) is 7. The summed E-state index contributed by atoms with van der Waals surface area (Å²) < 4.78 is 42.5. The Labute approximate surface area is 221 Å². The third-order valence-corrected chi connectivity index (χ3v) is 6.51. The first kappa shape index (κ1) is 27.1. The topological polar surface area (TPSA) is 107 Å². The van der Waals surface area contributed by atoms with Crippen LogP contribution in [0.1, 0.15) is 18.4 Å². The van der Waals surface area contributed by atoms with Crippen molar-refractivity contribution in [3.8, 4) is 0 Å². The summed E-state index contributed by atoms with van der Waals surface area (Å²) in [7, 11) is 1.53. The van der Waals surface area contributed by atoms with Gasteiger partial charge in [0.25, 0.3) is 0 Å². The Morgan fingerprint density at radius 3 is 2.82 bits per heavy atom. The lowest BCUT2D eigenvalue weighted by Crippen LogP contribution is -2.43. The number of ether oxygens (including phenoxy) is 3. The van der Waals surface area contributed by atoms with E-state index >= 15 is 0 Å². The van der Waals surface area contributed by atoms with Gasteiger partial charge in [0.05, 0.1) is 11.1 Å². The minimum absolute atomic E-state index is 0.0000294. The number of benzene rings is 2. The molecule has 12 heteroatoms. The van der Waals surface area contributed by atoms with E-state index in [1.807, 2.05) is 0 Å². The molecule has 1 N–H and O–H groups in total. The van der Waals surface area contributed by atoms with Crippen LogP contribution < -0.4 is 5.32 Å². The van der Waals surface area contributed by atoms with Gasteiger partial charge in [-0.15, -0.1) is 0 Å². The number of halogens is 3. The number of fused-ring (bicyclic) bond motifs is 1. The summed E-state index contributed by atoms with van der Waals surface area (Å²) in [6.45, 7) is -0.231. The summed E-state index contributed by atoms with van der Waals surface area (Å²) in [5.41, 5.74) is 0.487. The van der Waals surface area contributed by atoms with E-state index in [1.165, 1.54) is 48.5 Å². The number of anilines is 1. The number of cyclic esters (lactones) is 2. The van der Waals surface area contributed by atoms with Crippen molar-refractivity contribution in [2.75, 3.05) is 25.6 Å². The van der Waals surface area contributed by atoms with Crippen LogP contribution in [0.4, 0.5) is 24.2 Å². The number of likely N-dealkylation sites (N-methyl/N-ethyl adjacent to an activating group) is 1. The molecule has 0 aliphatic carbocycles. The average Bonchev–Trinajstić information content (AvgIpc) is 3.31. The second kappa shape index (κ2) is 12.0. The Morgan fingerprint density at radius 1 is 1.24 bits per heavy atom. The molecule has 2 amide bonds. The highest BCUT2D eigenvalue weighted by Crippen LogP contribution is 2.22. The average molecular weight is 548 g/mol. The smallest absolute Gasteiger partial charge is 0.447 e. The van der Waals surface area contributed by atoms with Gasteiger partial charge in [0, 0.05) is 31.5 Å². The number of carbonyl (C=O) groups is 3. The minimum atomic E-state index is -0.842. The first-order valence-corrected chi connectivity index (χ1v) is 12.1. The van der Waals surface area contributed by atoms with Crippen molar-refractivity contribution in [1.82, 2.24) is 9.88 Å². The second-order valence-electron chi connectivity index (χ2n) is 8.69. The fraction of sp³-hybridized carbons (Fsp3) is 0.308. The number of aryl methyl sites for hydroxylation is 1. The van der Waals surface area contributed by atoms with Crippen molar-refractivity contribution >= 4 is 46.3 Å². The molecule has 1 aliphatic rings. The molecule has 38 heavy (non-hydrogen) atoms. The zero-order valence-corrected chi connectivity index (χ0v) is 21.0. The van der Waals surface area contributed by atoms with Gasteiger partial charge in [0.2, 0.25) is 5.91 Å². The number of hydrogen-bond donors (Lipinski definition) is 1. The molecule has 200 valence electrons. The molecule has 0 radical (unpaired) electrons. The molecule has 2 aromatic carbocycles. The van der Waals surface area contributed by atoms with Crippen molar-refractivity contribution < 1.29 is 37.4 Å². The highest BCUT2D eigenvalue weighted by atomic mass is 35.5. The van der Waals surface area contributed by atoms with Gasteiger partial charge in [0.1, 0.15) is 36.8 Å². The number of pyridine rings is 1. The Kier molecular flexibility index (Phi) is 8.57. The summed E-state index contributed by atoms with van der Waals surface area (Å²) in [5.74, 6) is -1.16. The molecule has 1 fully saturated rings. The fourth-order valence-corrected chi connectivity index (χ4v) is 4.20. The van der Waals surface area contributed by atoms with Gasteiger partial charge >= 0.3 is 12.2 Å². The summed E-state index contributed by atoms with van der Waals surface area (Å²) in [4.78, 5) is 42.2. The maximum absolute atomic E-state index is 13.7. The van der Waals surface area contributed by atoms with Crippen LogP contribution >= 0.6 is 11.6 Å². The Balaban J connectivity index is 1.38. The van der Waals surface area contributed by atoms with E-state index in [0.29, 0.717) is 16.3 Å². The number of carbonyl (C=O) groups excluding carboxylic acids is 3. The van der Waals surface area contributed by atoms with E-state index in [1.54, 1.807) is 12.1 Å². The van der Waals surface area contributed by atoms with Crippen molar-refractivity contribution in [1.29, 1.82) is 0 Å². The van der Waals surface area contributed by atoms with Gasteiger partial charge in [0.15, 0.2) is 0 Å². The predicted molar refractivity (Wildman–Crippen MR) is 134 cm³/mol. The van der Waals surface area contributed by atoms with E-state index < -0.39 is 36.0 Å². The number of aromatic nitrogens is 1.